The molecule has 0 radical (unpaired) electrons. The summed E-state index contributed by atoms with van der Waals surface area (Å²) in [6.45, 7) is 2.97. The van der Waals surface area contributed by atoms with Gasteiger partial charge in [0.2, 0.25) is 11.8 Å². The Morgan fingerprint density at radius 3 is 2.52 bits per heavy atom. The van der Waals surface area contributed by atoms with E-state index in [4.69, 9.17) is 5.73 Å². The fraction of sp³-hybridized carbons (Fsp3) is 0.467. The standard InChI is InChI=1S/C15H22FN3O2S.ClH/c1-11(15(21)18-9-3-2-8-17)22-10-14(20)19-13-6-4-12(16)5-7-13;/h4-7,11H,2-3,8-10,17H2,1H3,(H,18,21)(H,19,20);1H. The number of thioether (sulfide) groups is 1. The third-order valence-electron chi connectivity index (χ3n) is 2.89. The largest absolute Gasteiger partial charge is 0.355 e. The Kier molecular flexibility index (Phi) is 11.5. The van der Waals surface area contributed by atoms with Crippen molar-refractivity contribution in [3.63, 3.8) is 0 Å². The molecule has 23 heavy (non-hydrogen) atoms. The van der Waals surface area contributed by atoms with E-state index in [1.807, 2.05) is 0 Å². The van der Waals surface area contributed by atoms with Crippen molar-refractivity contribution < 1.29 is 14.0 Å². The molecule has 1 aromatic rings. The van der Waals surface area contributed by atoms with Crippen LogP contribution in [0.5, 0.6) is 0 Å². The number of nitrogens with two attached hydrogens (primary N) is 1. The highest BCUT2D eigenvalue weighted by Crippen LogP contribution is 2.13. The van der Waals surface area contributed by atoms with Gasteiger partial charge in [0.15, 0.2) is 0 Å². The molecule has 0 aliphatic heterocycles. The monoisotopic (exact) mass is 363 g/mol. The summed E-state index contributed by atoms with van der Waals surface area (Å²) in [7, 11) is 0. The minimum Gasteiger partial charge on any atom is -0.355 e. The van der Waals surface area contributed by atoms with Crippen molar-refractivity contribution in [3.05, 3.63) is 30.1 Å². The Balaban J connectivity index is 0.00000484. The number of benzene rings is 1. The maximum Gasteiger partial charge on any atom is 0.234 e. The van der Waals surface area contributed by atoms with Gasteiger partial charge in [-0.15, -0.1) is 24.2 Å². The SMILES string of the molecule is CC(SCC(=O)Nc1ccc(F)cc1)C(=O)NCCCCN.Cl. The molecular formula is C15H23ClFN3O2S. The lowest BCUT2D eigenvalue weighted by atomic mass is 10.3. The minimum atomic E-state index is -0.354. The number of rotatable bonds is 9. The number of anilines is 1. The summed E-state index contributed by atoms with van der Waals surface area (Å²) >= 11 is 1.26. The highest BCUT2D eigenvalue weighted by Gasteiger charge is 2.14. The fourth-order valence-electron chi connectivity index (χ4n) is 1.63. The van der Waals surface area contributed by atoms with E-state index < -0.39 is 0 Å². The van der Waals surface area contributed by atoms with Gasteiger partial charge >= 0.3 is 0 Å². The van der Waals surface area contributed by atoms with E-state index in [0.717, 1.165) is 12.8 Å². The minimum absolute atomic E-state index is 0. The zero-order valence-corrected chi connectivity index (χ0v) is 14.6. The normalized spacial score (nSPS) is 11.3. The van der Waals surface area contributed by atoms with Gasteiger partial charge in [-0.05, 0) is 50.6 Å². The van der Waals surface area contributed by atoms with Crippen molar-refractivity contribution in [1.29, 1.82) is 0 Å². The van der Waals surface area contributed by atoms with Crippen LogP contribution in [0.4, 0.5) is 10.1 Å². The average Bonchev–Trinajstić information content (AvgIpc) is 2.51. The fourth-order valence-corrected chi connectivity index (χ4v) is 2.34. The molecule has 2 amide bonds. The quantitative estimate of drug-likeness (QED) is 0.587. The van der Waals surface area contributed by atoms with Crippen LogP contribution in [0.15, 0.2) is 24.3 Å². The predicted molar refractivity (Wildman–Crippen MR) is 95.5 cm³/mol. The third kappa shape index (κ3) is 9.43. The van der Waals surface area contributed by atoms with Crippen molar-refractivity contribution in [2.75, 3.05) is 24.2 Å². The summed E-state index contributed by atoms with van der Waals surface area (Å²) < 4.78 is 12.7. The Morgan fingerprint density at radius 2 is 1.91 bits per heavy atom. The van der Waals surface area contributed by atoms with Crippen LogP contribution in [0.3, 0.4) is 0 Å². The molecule has 0 fully saturated rings. The first kappa shape index (κ1) is 21.7. The van der Waals surface area contributed by atoms with Gasteiger partial charge in [0.05, 0.1) is 11.0 Å². The number of halogens is 2. The molecule has 1 unspecified atom stereocenters. The van der Waals surface area contributed by atoms with Gasteiger partial charge < -0.3 is 16.4 Å². The van der Waals surface area contributed by atoms with Crippen molar-refractivity contribution in [3.8, 4) is 0 Å². The molecule has 0 aromatic heterocycles. The zero-order valence-electron chi connectivity index (χ0n) is 13.0. The molecule has 0 bridgehead atoms. The van der Waals surface area contributed by atoms with Crippen LogP contribution in [0, 0.1) is 5.82 Å². The van der Waals surface area contributed by atoms with Gasteiger partial charge in [0.1, 0.15) is 5.82 Å². The van der Waals surface area contributed by atoms with Crippen LogP contribution < -0.4 is 16.4 Å². The summed E-state index contributed by atoms with van der Waals surface area (Å²) in [5.74, 6) is -0.502. The molecule has 4 N–H and O–H groups in total. The van der Waals surface area contributed by atoms with Gasteiger partial charge in [-0.2, -0.15) is 0 Å². The summed E-state index contributed by atoms with van der Waals surface area (Å²) in [6, 6.07) is 5.54. The zero-order chi connectivity index (χ0) is 16.4. The number of nitrogens with one attached hydrogen (secondary N) is 2. The Morgan fingerprint density at radius 1 is 1.26 bits per heavy atom. The second-order valence-electron chi connectivity index (χ2n) is 4.80. The van der Waals surface area contributed by atoms with Gasteiger partial charge in [0.25, 0.3) is 0 Å². The third-order valence-corrected chi connectivity index (χ3v) is 4.03. The Hall–Kier alpha value is -1.31. The first-order valence-electron chi connectivity index (χ1n) is 7.17. The van der Waals surface area contributed by atoms with Crippen LogP contribution in [0.25, 0.3) is 0 Å². The second-order valence-corrected chi connectivity index (χ2v) is 6.12. The summed E-state index contributed by atoms with van der Waals surface area (Å²) in [5.41, 5.74) is 5.91. The lowest BCUT2D eigenvalue weighted by Crippen LogP contribution is -2.32. The number of amides is 2. The molecule has 130 valence electrons. The molecule has 0 aliphatic rings. The van der Waals surface area contributed by atoms with E-state index in [2.05, 4.69) is 10.6 Å². The number of unbranched alkanes of at least 4 members (excludes halogenated alkanes) is 1. The maximum absolute atomic E-state index is 12.7. The van der Waals surface area contributed by atoms with Crippen molar-refractivity contribution >= 4 is 41.7 Å². The lowest BCUT2D eigenvalue weighted by Gasteiger charge is -2.12. The van der Waals surface area contributed by atoms with Crippen molar-refractivity contribution in [2.45, 2.75) is 25.0 Å². The van der Waals surface area contributed by atoms with Crippen LogP contribution >= 0.6 is 24.2 Å². The molecule has 5 nitrogen and oxygen atoms in total. The van der Waals surface area contributed by atoms with Gasteiger partial charge in [-0.1, -0.05) is 0 Å². The van der Waals surface area contributed by atoms with E-state index in [0.29, 0.717) is 18.8 Å². The van der Waals surface area contributed by atoms with Gasteiger partial charge in [-0.3, -0.25) is 9.59 Å². The van der Waals surface area contributed by atoms with Gasteiger partial charge in [0, 0.05) is 12.2 Å². The Labute approximate surface area is 146 Å². The lowest BCUT2D eigenvalue weighted by molar-refractivity contribution is -0.120. The molecule has 8 heteroatoms. The van der Waals surface area contributed by atoms with Crippen LogP contribution in [-0.4, -0.2) is 35.9 Å². The molecule has 0 heterocycles. The van der Waals surface area contributed by atoms with E-state index >= 15 is 0 Å². The van der Waals surface area contributed by atoms with Crippen LogP contribution in [-0.2, 0) is 9.59 Å². The molecule has 0 aliphatic carbocycles. The van der Waals surface area contributed by atoms with E-state index in [-0.39, 0.29) is 41.0 Å². The highest BCUT2D eigenvalue weighted by atomic mass is 35.5. The highest BCUT2D eigenvalue weighted by molar-refractivity contribution is 8.01. The molecule has 0 spiro atoms. The Bertz CT molecular complexity index is 488. The van der Waals surface area contributed by atoms with E-state index in [9.17, 15) is 14.0 Å². The first-order chi connectivity index (χ1) is 10.5. The second kappa shape index (κ2) is 12.2. The smallest absolute Gasteiger partial charge is 0.234 e. The average molecular weight is 364 g/mol. The number of carbonyl (C=O) groups is 2. The van der Waals surface area contributed by atoms with E-state index in [1.54, 1.807) is 6.92 Å². The summed E-state index contributed by atoms with van der Waals surface area (Å²) in [6.07, 6.45) is 1.73. The van der Waals surface area contributed by atoms with Crippen molar-refractivity contribution in [1.82, 2.24) is 5.32 Å². The van der Waals surface area contributed by atoms with Crippen LogP contribution in [0.1, 0.15) is 19.8 Å². The summed E-state index contributed by atoms with van der Waals surface area (Å²) in [4.78, 5) is 23.5. The molecule has 1 aromatic carbocycles. The molecule has 0 saturated carbocycles. The van der Waals surface area contributed by atoms with Crippen LogP contribution in [0.2, 0.25) is 0 Å². The molecule has 0 saturated heterocycles. The summed E-state index contributed by atoms with van der Waals surface area (Å²) in [5, 5.41) is 5.15. The maximum atomic E-state index is 12.7. The molecule has 1 rings (SSSR count). The molecule has 1 atom stereocenters. The predicted octanol–water partition coefficient (Wildman–Crippen LogP) is 2.16. The first-order valence-corrected chi connectivity index (χ1v) is 8.22. The van der Waals surface area contributed by atoms with E-state index in [1.165, 1.54) is 36.0 Å². The topological polar surface area (TPSA) is 84.2 Å². The van der Waals surface area contributed by atoms with Gasteiger partial charge in [-0.25, -0.2) is 4.39 Å². The number of carbonyl (C=O) groups excluding carboxylic acids is 2. The molecular weight excluding hydrogens is 341 g/mol. The van der Waals surface area contributed by atoms with Crippen molar-refractivity contribution in [2.24, 2.45) is 5.73 Å². The number of hydrogen-bond donors (Lipinski definition) is 3. The number of hydrogen-bond acceptors (Lipinski definition) is 4.